The van der Waals surface area contributed by atoms with Crippen LogP contribution in [0.15, 0.2) is 48.2 Å². The highest BCUT2D eigenvalue weighted by molar-refractivity contribution is 6.03. The third-order valence-electron chi connectivity index (χ3n) is 5.98. The molecule has 0 aromatic heterocycles. The molecule has 2 unspecified atom stereocenters. The maximum absolute atomic E-state index is 13.8. The number of carbonyl (C=O) groups excluding carboxylic acids is 3. The Hall–Kier alpha value is -3.34. The quantitative estimate of drug-likeness (QED) is 0.408. The fraction of sp³-hybridized carbons (Fsp3) is 0.458. The zero-order valence-electron chi connectivity index (χ0n) is 19.8. The summed E-state index contributed by atoms with van der Waals surface area (Å²) in [5, 5.41) is 5.28. The van der Waals surface area contributed by atoms with Crippen LogP contribution in [0, 0.1) is 5.92 Å². The predicted octanol–water partition coefficient (Wildman–Crippen LogP) is 2.84. The third-order valence-corrected chi connectivity index (χ3v) is 5.98. The average Bonchev–Trinajstić information content (AvgIpc) is 3.11. The van der Waals surface area contributed by atoms with Gasteiger partial charge in [0, 0.05) is 20.2 Å². The second-order valence-electron chi connectivity index (χ2n) is 8.63. The van der Waals surface area contributed by atoms with Crippen LogP contribution in [0.1, 0.15) is 31.0 Å². The van der Waals surface area contributed by atoms with Crippen molar-refractivity contribution in [1.29, 1.82) is 0 Å². The Morgan fingerprint density at radius 2 is 2.00 bits per heavy atom. The van der Waals surface area contributed by atoms with Gasteiger partial charge in [-0.05, 0) is 17.5 Å². The minimum Gasteiger partial charge on any atom is -0.383 e. The molecule has 11 heteroatoms. The number of halogens is 3. The summed E-state index contributed by atoms with van der Waals surface area (Å²) in [4.78, 5) is 42.2. The number of hydrogen-bond donors (Lipinski definition) is 2. The number of carbonyl (C=O) groups is 3. The number of urea groups is 1. The molecule has 0 aliphatic carbocycles. The zero-order valence-corrected chi connectivity index (χ0v) is 19.8. The first-order valence-electron chi connectivity index (χ1n) is 11.2. The van der Waals surface area contributed by atoms with E-state index in [-0.39, 0.29) is 49.0 Å². The number of ether oxygens (including phenoxy) is 1. The minimum atomic E-state index is -4.69. The van der Waals surface area contributed by atoms with Gasteiger partial charge in [0.05, 0.1) is 36.0 Å². The van der Waals surface area contributed by atoms with Crippen molar-refractivity contribution in [1.82, 2.24) is 20.4 Å². The van der Waals surface area contributed by atoms with E-state index in [1.54, 1.807) is 13.8 Å². The maximum Gasteiger partial charge on any atom is 0.416 e. The van der Waals surface area contributed by atoms with E-state index in [1.165, 1.54) is 41.2 Å². The Morgan fingerprint density at radius 3 is 2.60 bits per heavy atom. The molecule has 8 nitrogen and oxygen atoms in total. The Labute approximate surface area is 201 Å². The van der Waals surface area contributed by atoms with Crippen molar-refractivity contribution in [3.05, 3.63) is 59.3 Å². The molecule has 0 spiro atoms. The standard InChI is InChI=1S/C24H29F3N4O4/c1-5-11-30-17-13-31(20(14(2)3)21(32)28-10-12-35-4)22(33)18(17)19(29-23(30)34)15-8-6-7-9-16(15)24(25,26)27/h5-9,14,19-20H,1,10-13H2,2-4H3,(H,28,32)(H,29,34). The second-order valence-corrected chi connectivity index (χ2v) is 8.63. The normalized spacial score (nSPS) is 19.1. The molecule has 1 aromatic carbocycles. The van der Waals surface area contributed by atoms with E-state index in [2.05, 4.69) is 17.2 Å². The lowest BCUT2D eigenvalue weighted by Gasteiger charge is -2.33. The van der Waals surface area contributed by atoms with Crippen LogP contribution in [0.25, 0.3) is 0 Å². The van der Waals surface area contributed by atoms with E-state index < -0.39 is 41.7 Å². The summed E-state index contributed by atoms with van der Waals surface area (Å²) >= 11 is 0. The van der Waals surface area contributed by atoms with Crippen LogP contribution in [0.2, 0.25) is 0 Å². The monoisotopic (exact) mass is 494 g/mol. The van der Waals surface area contributed by atoms with Crippen molar-refractivity contribution in [3.8, 4) is 0 Å². The SMILES string of the molecule is C=CCN1C(=O)NC(c2ccccc2C(F)(F)F)C2=C1CN(C(C(=O)NCCOC)C(C)C)C2=O. The van der Waals surface area contributed by atoms with Gasteiger partial charge in [-0.2, -0.15) is 13.2 Å². The van der Waals surface area contributed by atoms with Gasteiger partial charge in [-0.25, -0.2) is 4.79 Å². The summed E-state index contributed by atoms with van der Waals surface area (Å²) < 4.78 is 46.3. The van der Waals surface area contributed by atoms with Gasteiger partial charge in [-0.3, -0.25) is 14.5 Å². The molecule has 1 aromatic rings. The van der Waals surface area contributed by atoms with Crippen molar-refractivity contribution >= 4 is 17.8 Å². The summed E-state index contributed by atoms with van der Waals surface area (Å²) in [5.41, 5.74) is -0.910. The number of hydrogen-bond acceptors (Lipinski definition) is 4. The van der Waals surface area contributed by atoms with Gasteiger partial charge in [-0.1, -0.05) is 38.1 Å². The lowest BCUT2D eigenvalue weighted by molar-refractivity contribution is -0.139. The summed E-state index contributed by atoms with van der Waals surface area (Å²) in [7, 11) is 1.49. The maximum atomic E-state index is 13.8. The molecule has 2 aliphatic heterocycles. The number of nitrogens with one attached hydrogen (secondary N) is 2. The Bertz CT molecular complexity index is 1040. The van der Waals surface area contributed by atoms with E-state index >= 15 is 0 Å². The number of methoxy groups -OCH3 is 1. The van der Waals surface area contributed by atoms with Crippen molar-refractivity contribution in [2.75, 3.05) is 33.4 Å². The first-order chi connectivity index (χ1) is 16.5. The molecular weight excluding hydrogens is 465 g/mol. The van der Waals surface area contributed by atoms with Gasteiger partial charge in [0.25, 0.3) is 5.91 Å². The second kappa shape index (κ2) is 10.5. The first-order valence-corrected chi connectivity index (χ1v) is 11.2. The smallest absolute Gasteiger partial charge is 0.383 e. The summed E-state index contributed by atoms with van der Waals surface area (Å²) in [6.45, 7) is 7.64. The van der Waals surface area contributed by atoms with E-state index in [0.717, 1.165) is 6.07 Å². The summed E-state index contributed by atoms with van der Waals surface area (Å²) in [6.07, 6.45) is -3.23. The third kappa shape index (κ3) is 5.19. The van der Waals surface area contributed by atoms with Gasteiger partial charge >= 0.3 is 12.2 Å². The molecule has 0 radical (unpaired) electrons. The van der Waals surface area contributed by atoms with Crippen LogP contribution >= 0.6 is 0 Å². The van der Waals surface area contributed by atoms with E-state index in [1.807, 2.05) is 0 Å². The van der Waals surface area contributed by atoms with Crippen LogP contribution in [-0.4, -0.2) is 67.0 Å². The topological polar surface area (TPSA) is 91.0 Å². The van der Waals surface area contributed by atoms with Gasteiger partial charge in [0.1, 0.15) is 6.04 Å². The molecule has 35 heavy (non-hydrogen) atoms. The molecular formula is C24H29F3N4O4. The number of benzene rings is 1. The minimum absolute atomic E-state index is 0.0125. The summed E-state index contributed by atoms with van der Waals surface area (Å²) in [5.74, 6) is -1.32. The Morgan fingerprint density at radius 1 is 1.31 bits per heavy atom. The average molecular weight is 495 g/mol. The number of amides is 4. The first kappa shape index (κ1) is 26.3. The highest BCUT2D eigenvalue weighted by Gasteiger charge is 2.49. The fourth-order valence-corrected chi connectivity index (χ4v) is 4.49. The molecule has 2 heterocycles. The molecule has 2 aliphatic rings. The highest BCUT2D eigenvalue weighted by Crippen LogP contribution is 2.42. The fourth-order valence-electron chi connectivity index (χ4n) is 4.49. The lowest BCUT2D eigenvalue weighted by atomic mass is 9.91. The molecule has 0 fully saturated rings. The largest absolute Gasteiger partial charge is 0.416 e. The molecule has 3 rings (SSSR count). The highest BCUT2D eigenvalue weighted by atomic mass is 19.4. The Kier molecular flexibility index (Phi) is 7.89. The van der Waals surface area contributed by atoms with Gasteiger partial charge in [0.2, 0.25) is 5.91 Å². The zero-order chi connectivity index (χ0) is 25.9. The van der Waals surface area contributed by atoms with Crippen molar-refractivity contribution in [2.24, 2.45) is 5.92 Å². The predicted molar refractivity (Wildman–Crippen MR) is 122 cm³/mol. The van der Waals surface area contributed by atoms with E-state index in [4.69, 9.17) is 4.74 Å². The van der Waals surface area contributed by atoms with Crippen LogP contribution in [0.5, 0.6) is 0 Å². The Balaban J connectivity index is 2.07. The molecule has 0 saturated carbocycles. The van der Waals surface area contributed by atoms with E-state index in [0.29, 0.717) is 0 Å². The van der Waals surface area contributed by atoms with Crippen LogP contribution < -0.4 is 10.6 Å². The number of alkyl halides is 3. The van der Waals surface area contributed by atoms with Crippen molar-refractivity contribution < 1.29 is 32.3 Å². The molecule has 2 atom stereocenters. The molecule has 190 valence electrons. The molecule has 2 N–H and O–H groups in total. The van der Waals surface area contributed by atoms with Gasteiger partial charge < -0.3 is 20.3 Å². The molecule has 4 amide bonds. The van der Waals surface area contributed by atoms with Gasteiger partial charge in [-0.15, -0.1) is 6.58 Å². The molecule has 0 saturated heterocycles. The van der Waals surface area contributed by atoms with Gasteiger partial charge in [0.15, 0.2) is 0 Å². The molecule has 0 bridgehead atoms. The summed E-state index contributed by atoms with van der Waals surface area (Å²) in [6, 6.07) is 1.96. The van der Waals surface area contributed by atoms with Crippen molar-refractivity contribution in [2.45, 2.75) is 32.1 Å². The van der Waals surface area contributed by atoms with Crippen LogP contribution in [0.4, 0.5) is 18.0 Å². The van der Waals surface area contributed by atoms with Crippen LogP contribution in [0.3, 0.4) is 0 Å². The van der Waals surface area contributed by atoms with Crippen molar-refractivity contribution in [3.63, 3.8) is 0 Å². The van der Waals surface area contributed by atoms with Crippen LogP contribution in [-0.2, 0) is 20.5 Å². The van der Waals surface area contributed by atoms with E-state index in [9.17, 15) is 27.6 Å². The number of nitrogens with zero attached hydrogens (tertiary/aromatic N) is 2. The number of rotatable bonds is 9. The lowest BCUT2D eigenvalue weighted by Crippen LogP contribution is -2.52.